The predicted octanol–water partition coefficient (Wildman–Crippen LogP) is -0.752. The number of aliphatic hydroxyl groups is 1. The maximum atomic E-state index is 11.7. The van der Waals surface area contributed by atoms with Crippen molar-refractivity contribution in [3.8, 4) is 0 Å². The van der Waals surface area contributed by atoms with E-state index >= 15 is 0 Å². The molecule has 0 aromatic heterocycles. The van der Waals surface area contributed by atoms with Gasteiger partial charge in [0.05, 0.1) is 18.8 Å². The van der Waals surface area contributed by atoms with Gasteiger partial charge in [-0.1, -0.05) is 0 Å². The van der Waals surface area contributed by atoms with E-state index in [1.165, 1.54) is 4.31 Å². The van der Waals surface area contributed by atoms with Crippen molar-refractivity contribution < 1.29 is 23.4 Å². The first-order chi connectivity index (χ1) is 6.97. The maximum Gasteiger partial charge on any atom is 0.304 e. The molecule has 0 radical (unpaired) electrons. The molecule has 1 saturated heterocycles. The third-order valence-electron chi connectivity index (χ3n) is 2.47. The fourth-order valence-corrected chi connectivity index (χ4v) is 3.39. The van der Waals surface area contributed by atoms with Crippen molar-refractivity contribution in [2.24, 2.45) is 0 Å². The van der Waals surface area contributed by atoms with Crippen molar-refractivity contribution in [3.05, 3.63) is 0 Å². The van der Waals surface area contributed by atoms with Crippen LogP contribution in [0, 0.1) is 0 Å². The summed E-state index contributed by atoms with van der Waals surface area (Å²) in [4.78, 5) is 10.3. The summed E-state index contributed by atoms with van der Waals surface area (Å²) in [5.41, 5.74) is 0. The van der Waals surface area contributed by atoms with E-state index < -0.39 is 28.2 Å². The van der Waals surface area contributed by atoms with Crippen LogP contribution in [-0.2, 0) is 14.8 Å². The normalized spacial score (nSPS) is 23.1. The van der Waals surface area contributed by atoms with Crippen LogP contribution in [0.4, 0.5) is 0 Å². The lowest BCUT2D eigenvalue weighted by atomic mass is 10.2. The Labute approximate surface area is 88.6 Å². The molecule has 1 fully saturated rings. The molecule has 1 rings (SSSR count). The number of nitrogens with zero attached hydrogens (tertiary/aromatic N) is 1. The number of carboxylic acids is 1. The highest BCUT2D eigenvalue weighted by Crippen LogP contribution is 2.21. The lowest BCUT2D eigenvalue weighted by Gasteiger charge is -2.21. The largest absolute Gasteiger partial charge is 0.481 e. The molecule has 0 aromatic rings. The summed E-state index contributed by atoms with van der Waals surface area (Å²) < 4.78 is 24.5. The number of carboxylic acid groups (broad SMARTS) is 1. The van der Waals surface area contributed by atoms with Gasteiger partial charge in [-0.05, 0) is 12.8 Å². The molecule has 0 spiro atoms. The third kappa shape index (κ3) is 3.15. The van der Waals surface area contributed by atoms with Crippen molar-refractivity contribution >= 4 is 16.0 Å². The van der Waals surface area contributed by atoms with E-state index in [0.29, 0.717) is 13.0 Å². The van der Waals surface area contributed by atoms with Crippen molar-refractivity contribution in [1.82, 2.24) is 4.31 Å². The molecule has 0 aromatic carbocycles. The Morgan fingerprint density at radius 1 is 1.47 bits per heavy atom. The van der Waals surface area contributed by atoms with E-state index in [1.807, 2.05) is 0 Å². The van der Waals surface area contributed by atoms with Crippen LogP contribution in [0.15, 0.2) is 0 Å². The summed E-state index contributed by atoms with van der Waals surface area (Å²) in [6.07, 6.45) is 0.970. The number of carbonyl (C=O) groups is 1. The maximum absolute atomic E-state index is 11.7. The first-order valence-corrected chi connectivity index (χ1v) is 6.40. The van der Waals surface area contributed by atoms with E-state index in [0.717, 1.165) is 6.42 Å². The van der Waals surface area contributed by atoms with Gasteiger partial charge in [-0.3, -0.25) is 4.79 Å². The second kappa shape index (κ2) is 4.91. The number of aliphatic carboxylic acids is 1. The van der Waals surface area contributed by atoms with Gasteiger partial charge in [-0.2, -0.15) is 4.31 Å². The van der Waals surface area contributed by atoms with Gasteiger partial charge in [0.25, 0.3) is 0 Å². The highest BCUT2D eigenvalue weighted by atomic mass is 32.2. The molecule has 0 saturated carbocycles. The Hall–Kier alpha value is -0.660. The molecule has 6 nitrogen and oxygen atoms in total. The van der Waals surface area contributed by atoms with Gasteiger partial charge in [0, 0.05) is 12.6 Å². The molecule has 2 N–H and O–H groups in total. The Morgan fingerprint density at radius 3 is 2.67 bits per heavy atom. The minimum absolute atomic E-state index is 0.202. The van der Waals surface area contributed by atoms with Crippen LogP contribution in [0.5, 0.6) is 0 Å². The summed E-state index contributed by atoms with van der Waals surface area (Å²) in [6, 6.07) is -0.371. The Kier molecular flexibility index (Phi) is 4.06. The summed E-state index contributed by atoms with van der Waals surface area (Å²) in [7, 11) is -3.52. The number of rotatable bonds is 5. The van der Waals surface area contributed by atoms with Gasteiger partial charge in [0.1, 0.15) is 0 Å². The lowest BCUT2D eigenvalue weighted by molar-refractivity contribution is -0.136. The molecule has 7 heteroatoms. The van der Waals surface area contributed by atoms with Crippen LogP contribution in [0.2, 0.25) is 0 Å². The Bertz CT molecular complexity index is 326. The molecule has 0 aliphatic carbocycles. The minimum atomic E-state index is -3.52. The molecular weight excluding hydrogens is 222 g/mol. The van der Waals surface area contributed by atoms with E-state index in [1.54, 1.807) is 0 Å². The van der Waals surface area contributed by atoms with Gasteiger partial charge in [0.2, 0.25) is 10.0 Å². The van der Waals surface area contributed by atoms with Crippen LogP contribution < -0.4 is 0 Å². The summed E-state index contributed by atoms with van der Waals surface area (Å²) in [5.74, 6) is -1.52. The smallest absolute Gasteiger partial charge is 0.304 e. The van der Waals surface area contributed by atoms with E-state index in [4.69, 9.17) is 10.2 Å². The molecule has 1 aliphatic heterocycles. The molecule has 88 valence electrons. The average Bonchev–Trinajstić information content (AvgIpc) is 2.63. The third-order valence-corrected chi connectivity index (χ3v) is 4.38. The quantitative estimate of drug-likeness (QED) is 0.656. The van der Waals surface area contributed by atoms with Gasteiger partial charge in [-0.15, -0.1) is 0 Å². The average molecular weight is 237 g/mol. The molecule has 1 aliphatic rings. The molecule has 15 heavy (non-hydrogen) atoms. The first-order valence-electron chi connectivity index (χ1n) is 4.79. The van der Waals surface area contributed by atoms with E-state index in [2.05, 4.69) is 0 Å². The number of aliphatic hydroxyl groups excluding tert-OH is 1. The van der Waals surface area contributed by atoms with Gasteiger partial charge in [0.15, 0.2) is 0 Å². The first kappa shape index (κ1) is 12.4. The highest BCUT2D eigenvalue weighted by Gasteiger charge is 2.33. The second-order valence-corrected chi connectivity index (χ2v) is 5.59. The Morgan fingerprint density at radius 2 is 2.13 bits per heavy atom. The zero-order valence-electron chi connectivity index (χ0n) is 8.29. The van der Waals surface area contributed by atoms with Crippen LogP contribution in [-0.4, -0.2) is 53.9 Å². The molecule has 0 unspecified atom stereocenters. The summed E-state index contributed by atoms with van der Waals surface area (Å²) >= 11 is 0. The molecule has 0 amide bonds. The fraction of sp³-hybridized carbons (Fsp3) is 0.875. The monoisotopic (exact) mass is 237 g/mol. The SMILES string of the molecule is O=C(O)CCS(=O)(=O)N1CCC[C@@H]1CO. The second-order valence-electron chi connectivity index (χ2n) is 3.55. The minimum Gasteiger partial charge on any atom is -0.481 e. The number of hydrogen-bond acceptors (Lipinski definition) is 4. The van der Waals surface area contributed by atoms with Gasteiger partial charge < -0.3 is 10.2 Å². The lowest BCUT2D eigenvalue weighted by Crippen LogP contribution is -2.39. The van der Waals surface area contributed by atoms with Crippen molar-refractivity contribution in [3.63, 3.8) is 0 Å². The van der Waals surface area contributed by atoms with Crippen LogP contribution in [0.25, 0.3) is 0 Å². The van der Waals surface area contributed by atoms with Gasteiger partial charge >= 0.3 is 5.97 Å². The topological polar surface area (TPSA) is 94.9 Å². The zero-order chi connectivity index (χ0) is 11.5. The highest BCUT2D eigenvalue weighted by molar-refractivity contribution is 7.89. The van der Waals surface area contributed by atoms with Crippen molar-refractivity contribution in [1.29, 1.82) is 0 Å². The van der Waals surface area contributed by atoms with Crippen LogP contribution in [0.1, 0.15) is 19.3 Å². The fourth-order valence-electron chi connectivity index (χ4n) is 1.69. The molecule has 1 heterocycles. The van der Waals surface area contributed by atoms with E-state index in [-0.39, 0.29) is 12.6 Å². The number of hydrogen-bond donors (Lipinski definition) is 2. The zero-order valence-corrected chi connectivity index (χ0v) is 9.11. The van der Waals surface area contributed by atoms with E-state index in [9.17, 15) is 13.2 Å². The molecular formula is C8H15NO5S. The van der Waals surface area contributed by atoms with Crippen molar-refractivity contribution in [2.75, 3.05) is 18.9 Å². The molecule has 1 atom stereocenters. The van der Waals surface area contributed by atoms with Gasteiger partial charge in [-0.25, -0.2) is 8.42 Å². The van der Waals surface area contributed by atoms with Crippen LogP contribution >= 0.6 is 0 Å². The number of sulfonamides is 1. The predicted molar refractivity (Wildman–Crippen MR) is 52.9 cm³/mol. The standard InChI is InChI=1S/C8H15NO5S/c10-6-7-2-1-4-9(7)15(13,14)5-3-8(11)12/h7,10H,1-6H2,(H,11,12)/t7-/m1/s1. The molecule has 0 bridgehead atoms. The van der Waals surface area contributed by atoms with Crippen molar-refractivity contribution in [2.45, 2.75) is 25.3 Å². The summed E-state index contributed by atoms with van der Waals surface area (Å²) in [6.45, 7) is 0.180. The Balaban J connectivity index is 2.64. The van der Waals surface area contributed by atoms with Crippen LogP contribution in [0.3, 0.4) is 0 Å². The summed E-state index contributed by atoms with van der Waals surface area (Å²) in [5, 5.41) is 17.4.